The summed E-state index contributed by atoms with van der Waals surface area (Å²) in [5.74, 6) is 0.00895. The van der Waals surface area contributed by atoms with Crippen LogP contribution < -0.4 is 4.74 Å². The molecular formula is C16H17F5O2S2. The molecule has 0 unspecified atom stereocenters. The fourth-order valence-electron chi connectivity index (χ4n) is 1.85. The zero-order valence-electron chi connectivity index (χ0n) is 13.5. The van der Waals surface area contributed by atoms with E-state index in [-0.39, 0.29) is 15.6 Å². The third-order valence-electron chi connectivity index (χ3n) is 2.88. The Morgan fingerprint density at radius 2 is 1.60 bits per heavy atom. The van der Waals surface area contributed by atoms with E-state index in [4.69, 9.17) is 0 Å². The summed E-state index contributed by atoms with van der Waals surface area (Å²) in [7, 11) is 0. The van der Waals surface area contributed by atoms with Gasteiger partial charge in [-0.3, -0.25) is 4.79 Å². The molecule has 1 aromatic carbocycles. The maximum atomic E-state index is 13.4. The summed E-state index contributed by atoms with van der Waals surface area (Å²) in [4.78, 5) is 12.2. The standard InChI is InChI=1S/C16H17F5O2S2/c1-3-24-14(25-4-2)12(16(19,20)21)9-13(22)10-5-7-11(8-6-10)23-15(17)18/h5-8,15H,3-4,9H2,1-2H3. The summed E-state index contributed by atoms with van der Waals surface area (Å²) in [5, 5.41) is 0. The molecule has 0 spiro atoms. The molecule has 0 atom stereocenters. The van der Waals surface area contributed by atoms with Crippen LogP contribution in [0.3, 0.4) is 0 Å². The molecule has 0 aliphatic carbocycles. The molecule has 0 amide bonds. The van der Waals surface area contributed by atoms with Crippen LogP contribution in [0.4, 0.5) is 22.0 Å². The van der Waals surface area contributed by atoms with Gasteiger partial charge in [-0.1, -0.05) is 13.8 Å². The van der Waals surface area contributed by atoms with E-state index in [1.54, 1.807) is 13.8 Å². The predicted octanol–water partition coefficient (Wildman–Crippen LogP) is 6.14. The van der Waals surface area contributed by atoms with Crippen molar-refractivity contribution in [1.29, 1.82) is 0 Å². The van der Waals surface area contributed by atoms with E-state index < -0.39 is 30.6 Å². The third-order valence-corrected chi connectivity index (χ3v) is 5.18. The Kier molecular flexibility index (Phi) is 8.78. The van der Waals surface area contributed by atoms with E-state index in [1.165, 1.54) is 12.1 Å². The fourth-order valence-corrected chi connectivity index (χ4v) is 4.14. The fraction of sp³-hybridized carbons (Fsp3) is 0.438. The van der Waals surface area contributed by atoms with E-state index in [1.807, 2.05) is 0 Å². The Morgan fingerprint density at radius 1 is 1.08 bits per heavy atom. The normalized spacial score (nSPS) is 11.5. The Hall–Kier alpha value is -1.22. The topological polar surface area (TPSA) is 26.3 Å². The van der Waals surface area contributed by atoms with Crippen LogP contribution >= 0.6 is 23.5 Å². The molecule has 2 nitrogen and oxygen atoms in total. The number of Topliss-reactive ketones (excluding diaryl/α,β-unsaturated/α-hetero) is 1. The van der Waals surface area contributed by atoms with Crippen LogP contribution in [0.15, 0.2) is 34.1 Å². The molecule has 0 aliphatic heterocycles. The highest BCUT2D eigenvalue weighted by Gasteiger charge is 2.37. The van der Waals surface area contributed by atoms with Crippen LogP contribution in [0.5, 0.6) is 5.75 Å². The van der Waals surface area contributed by atoms with Gasteiger partial charge in [-0.2, -0.15) is 22.0 Å². The number of rotatable bonds is 9. The maximum absolute atomic E-state index is 13.4. The highest BCUT2D eigenvalue weighted by molar-refractivity contribution is 8.22. The van der Waals surface area contributed by atoms with Gasteiger partial charge >= 0.3 is 12.8 Å². The number of allylic oxidation sites excluding steroid dienone is 1. The first-order valence-electron chi connectivity index (χ1n) is 7.33. The number of hydrogen-bond donors (Lipinski definition) is 0. The zero-order valence-corrected chi connectivity index (χ0v) is 15.2. The average molecular weight is 400 g/mol. The number of ether oxygens (including phenoxy) is 1. The summed E-state index contributed by atoms with van der Waals surface area (Å²) < 4.78 is 68.5. The van der Waals surface area contributed by atoms with Crippen LogP contribution in [-0.2, 0) is 0 Å². The lowest BCUT2D eigenvalue weighted by molar-refractivity contribution is -0.0931. The van der Waals surface area contributed by atoms with Crippen molar-refractivity contribution in [3.8, 4) is 5.75 Å². The molecule has 0 heterocycles. The van der Waals surface area contributed by atoms with Crippen molar-refractivity contribution in [2.24, 2.45) is 0 Å². The van der Waals surface area contributed by atoms with Crippen molar-refractivity contribution in [1.82, 2.24) is 0 Å². The second kappa shape index (κ2) is 10.1. The second-order valence-corrected chi connectivity index (χ2v) is 7.44. The SMILES string of the molecule is CCSC(SCC)=C(CC(=O)c1ccc(OC(F)F)cc1)C(F)(F)F. The largest absolute Gasteiger partial charge is 0.435 e. The number of halogens is 5. The summed E-state index contributed by atoms with van der Waals surface area (Å²) in [6, 6.07) is 4.60. The van der Waals surface area contributed by atoms with E-state index in [0.29, 0.717) is 11.5 Å². The van der Waals surface area contributed by atoms with Crippen molar-refractivity contribution in [2.75, 3.05) is 11.5 Å². The zero-order chi connectivity index (χ0) is 19.0. The van der Waals surface area contributed by atoms with Crippen LogP contribution in [-0.4, -0.2) is 30.1 Å². The molecule has 0 bridgehead atoms. The average Bonchev–Trinajstić information content (AvgIpc) is 2.51. The molecule has 0 N–H and O–H groups in total. The third kappa shape index (κ3) is 7.27. The minimum absolute atomic E-state index is 0.00529. The van der Waals surface area contributed by atoms with E-state index in [9.17, 15) is 26.7 Å². The Bertz CT molecular complexity index is 590. The molecule has 0 radical (unpaired) electrons. The van der Waals surface area contributed by atoms with Gasteiger partial charge in [0.05, 0.1) is 5.57 Å². The minimum atomic E-state index is -4.62. The predicted molar refractivity (Wildman–Crippen MR) is 91.4 cm³/mol. The molecule has 0 aromatic heterocycles. The van der Waals surface area contributed by atoms with Gasteiger partial charge < -0.3 is 4.74 Å². The summed E-state index contributed by atoms with van der Waals surface area (Å²) in [6.07, 6.45) is -5.41. The smallest absolute Gasteiger partial charge is 0.414 e. The van der Waals surface area contributed by atoms with Crippen LogP contribution in [0, 0.1) is 0 Å². The number of thioether (sulfide) groups is 2. The number of carbonyl (C=O) groups excluding carboxylic acids is 1. The highest BCUT2D eigenvalue weighted by Crippen LogP contribution is 2.41. The lowest BCUT2D eigenvalue weighted by atomic mass is 10.0. The van der Waals surface area contributed by atoms with Gasteiger partial charge in [0.15, 0.2) is 5.78 Å². The van der Waals surface area contributed by atoms with E-state index in [2.05, 4.69) is 4.74 Å². The number of alkyl halides is 5. The molecule has 1 rings (SSSR count). The van der Waals surface area contributed by atoms with E-state index >= 15 is 0 Å². The highest BCUT2D eigenvalue weighted by atomic mass is 32.2. The van der Waals surface area contributed by atoms with Crippen molar-refractivity contribution in [3.63, 3.8) is 0 Å². The van der Waals surface area contributed by atoms with Gasteiger partial charge in [-0.15, -0.1) is 23.5 Å². The molecule has 9 heteroatoms. The van der Waals surface area contributed by atoms with Gasteiger partial charge in [0.25, 0.3) is 0 Å². The van der Waals surface area contributed by atoms with Gasteiger partial charge in [0.1, 0.15) is 5.75 Å². The lowest BCUT2D eigenvalue weighted by Gasteiger charge is -2.16. The first-order valence-corrected chi connectivity index (χ1v) is 9.30. The van der Waals surface area contributed by atoms with Gasteiger partial charge in [-0.05, 0) is 35.8 Å². The molecular weight excluding hydrogens is 383 g/mol. The maximum Gasteiger partial charge on any atom is 0.414 e. The Morgan fingerprint density at radius 3 is 2.00 bits per heavy atom. The van der Waals surface area contributed by atoms with Crippen LogP contribution in [0.1, 0.15) is 30.6 Å². The molecule has 0 saturated heterocycles. The lowest BCUT2D eigenvalue weighted by Crippen LogP contribution is -2.17. The van der Waals surface area contributed by atoms with Gasteiger partial charge in [-0.25, -0.2) is 0 Å². The molecule has 140 valence electrons. The second-order valence-electron chi connectivity index (χ2n) is 4.63. The number of hydrogen-bond acceptors (Lipinski definition) is 4. The summed E-state index contributed by atoms with van der Waals surface area (Å²) in [5.41, 5.74) is -0.866. The van der Waals surface area contributed by atoms with Crippen LogP contribution in [0.25, 0.3) is 0 Å². The van der Waals surface area contributed by atoms with Crippen molar-refractivity contribution in [3.05, 3.63) is 39.6 Å². The molecule has 0 saturated carbocycles. The minimum Gasteiger partial charge on any atom is -0.435 e. The van der Waals surface area contributed by atoms with E-state index in [0.717, 1.165) is 35.7 Å². The quantitative estimate of drug-likeness (QED) is 0.367. The monoisotopic (exact) mass is 400 g/mol. The molecule has 0 fully saturated rings. The van der Waals surface area contributed by atoms with Crippen molar-refractivity contribution >= 4 is 29.3 Å². The van der Waals surface area contributed by atoms with Crippen molar-refractivity contribution in [2.45, 2.75) is 33.1 Å². The Labute approximate surface area is 151 Å². The molecule has 25 heavy (non-hydrogen) atoms. The van der Waals surface area contributed by atoms with Gasteiger partial charge in [0.2, 0.25) is 0 Å². The molecule has 1 aromatic rings. The molecule has 0 aliphatic rings. The number of ketones is 1. The van der Waals surface area contributed by atoms with Gasteiger partial charge in [0, 0.05) is 16.2 Å². The first kappa shape index (κ1) is 21.8. The number of carbonyl (C=O) groups is 1. The Balaban J connectivity index is 3.04. The summed E-state index contributed by atoms with van der Waals surface area (Å²) >= 11 is 2.10. The number of benzene rings is 1. The van der Waals surface area contributed by atoms with Crippen molar-refractivity contribution < 1.29 is 31.5 Å². The first-order chi connectivity index (χ1) is 11.7. The summed E-state index contributed by atoms with van der Waals surface area (Å²) in [6.45, 7) is 0.456. The van der Waals surface area contributed by atoms with Crippen LogP contribution in [0.2, 0.25) is 0 Å².